The molecule has 3 aliphatic heterocycles. The first-order valence-electron chi connectivity index (χ1n) is 10.5. The summed E-state index contributed by atoms with van der Waals surface area (Å²) in [7, 11) is 0. The van der Waals surface area contributed by atoms with E-state index in [9.17, 15) is 4.39 Å². The van der Waals surface area contributed by atoms with E-state index in [2.05, 4.69) is 25.3 Å². The van der Waals surface area contributed by atoms with Crippen molar-refractivity contribution < 1.29 is 13.9 Å². The maximum absolute atomic E-state index is 14.7. The SMILES string of the molecule is Fc1ccc2c3c1CNc1c(cc(-c4cnn5c4CCC5)c4nncn14)OC[C@@H]3CO2. The number of hydrogen-bond acceptors (Lipinski definition) is 6. The average Bonchev–Trinajstić information content (AvgIpc) is 3.55. The van der Waals surface area contributed by atoms with Gasteiger partial charge in [-0.1, -0.05) is 0 Å². The molecule has 0 bridgehead atoms. The smallest absolute Gasteiger partial charge is 0.170 e. The molecule has 1 atom stereocenters. The second-order valence-electron chi connectivity index (χ2n) is 8.24. The molecule has 0 saturated heterocycles. The van der Waals surface area contributed by atoms with Gasteiger partial charge in [-0.15, -0.1) is 10.2 Å². The molecule has 8 nitrogen and oxygen atoms in total. The largest absolute Gasteiger partial charge is 0.493 e. The number of aryl methyl sites for hydroxylation is 1. The van der Waals surface area contributed by atoms with Crippen molar-refractivity contribution in [3.8, 4) is 22.6 Å². The van der Waals surface area contributed by atoms with E-state index < -0.39 is 0 Å². The Balaban J connectivity index is 1.40. The molecule has 0 spiro atoms. The van der Waals surface area contributed by atoms with Crippen LogP contribution in [-0.4, -0.2) is 37.6 Å². The van der Waals surface area contributed by atoms with Crippen LogP contribution in [0.2, 0.25) is 0 Å². The Morgan fingerprint density at radius 3 is 2.97 bits per heavy atom. The Hall–Kier alpha value is -3.62. The van der Waals surface area contributed by atoms with Gasteiger partial charge >= 0.3 is 0 Å². The van der Waals surface area contributed by atoms with Crippen LogP contribution >= 0.6 is 0 Å². The van der Waals surface area contributed by atoms with Crippen molar-refractivity contribution in [2.75, 3.05) is 18.5 Å². The van der Waals surface area contributed by atoms with Gasteiger partial charge in [0.1, 0.15) is 17.9 Å². The van der Waals surface area contributed by atoms with Crippen LogP contribution in [0.25, 0.3) is 16.8 Å². The Morgan fingerprint density at radius 1 is 1.13 bits per heavy atom. The van der Waals surface area contributed by atoms with E-state index in [-0.39, 0.29) is 11.7 Å². The van der Waals surface area contributed by atoms with E-state index in [1.54, 1.807) is 12.4 Å². The monoisotopic (exact) mass is 418 g/mol. The number of hydrogen-bond donors (Lipinski definition) is 1. The molecule has 156 valence electrons. The highest BCUT2D eigenvalue weighted by molar-refractivity contribution is 5.83. The van der Waals surface area contributed by atoms with Crippen molar-refractivity contribution in [1.82, 2.24) is 24.4 Å². The van der Waals surface area contributed by atoms with Crippen molar-refractivity contribution in [2.45, 2.75) is 31.8 Å². The molecule has 3 aromatic heterocycles. The second kappa shape index (κ2) is 6.19. The molecule has 4 aromatic rings. The van der Waals surface area contributed by atoms with Gasteiger partial charge < -0.3 is 14.8 Å². The molecule has 1 N–H and O–H groups in total. The fraction of sp³-hybridized carbons (Fsp3) is 0.318. The summed E-state index contributed by atoms with van der Waals surface area (Å²) in [6.07, 6.45) is 5.64. The highest BCUT2D eigenvalue weighted by atomic mass is 19.1. The molecule has 0 unspecified atom stereocenters. The van der Waals surface area contributed by atoms with E-state index in [0.29, 0.717) is 36.9 Å². The molecule has 0 radical (unpaired) electrons. The lowest BCUT2D eigenvalue weighted by atomic mass is 9.96. The average molecular weight is 418 g/mol. The number of rotatable bonds is 1. The molecular weight excluding hydrogens is 399 g/mol. The molecule has 7 rings (SSSR count). The Kier molecular flexibility index (Phi) is 3.42. The summed E-state index contributed by atoms with van der Waals surface area (Å²) in [5.41, 5.74) is 5.45. The minimum absolute atomic E-state index is 0.0195. The fourth-order valence-corrected chi connectivity index (χ4v) is 5.07. The predicted octanol–water partition coefficient (Wildman–Crippen LogP) is 3.16. The highest BCUT2D eigenvalue weighted by Crippen LogP contribution is 2.42. The van der Waals surface area contributed by atoms with Crippen LogP contribution in [0.15, 0.2) is 30.7 Å². The first-order valence-corrected chi connectivity index (χ1v) is 10.5. The molecule has 6 heterocycles. The molecule has 0 aliphatic carbocycles. The first kappa shape index (κ1) is 17.1. The lowest BCUT2D eigenvalue weighted by molar-refractivity contribution is 0.249. The van der Waals surface area contributed by atoms with Crippen molar-refractivity contribution in [3.05, 3.63) is 53.4 Å². The standard InChI is InChI=1S/C22H19FN6O2/c23-16-3-4-18-20-12(9-30-18)10-31-19-6-13(14-8-26-29-5-1-2-17(14)29)21-27-25-11-28(21)22(19)24-7-15(16)20/h3-4,6,8,11-12,24H,1-2,5,7,9-10H2/t12-/m0/s1. The summed E-state index contributed by atoms with van der Waals surface area (Å²) in [4.78, 5) is 0. The van der Waals surface area contributed by atoms with Crippen LogP contribution in [-0.2, 0) is 19.5 Å². The first-order chi connectivity index (χ1) is 15.3. The number of nitrogens with zero attached hydrogens (tertiary/aromatic N) is 5. The number of nitrogens with one attached hydrogen (secondary N) is 1. The van der Waals surface area contributed by atoms with Crippen LogP contribution in [0.5, 0.6) is 11.5 Å². The minimum atomic E-state index is -0.239. The summed E-state index contributed by atoms with van der Waals surface area (Å²) >= 11 is 0. The summed E-state index contributed by atoms with van der Waals surface area (Å²) in [5, 5.41) is 16.4. The van der Waals surface area contributed by atoms with E-state index in [4.69, 9.17) is 9.47 Å². The number of aromatic nitrogens is 5. The van der Waals surface area contributed by atoms with Gasteiger partial charge in [-0.05, 0) is 31.0 Å². The van der Waals surface area contributed by atoms with Crippen LogP contribution < -0.4 is 14.8 Å². The van der Waals surface area contributed by atoms with Gasteiger partial charge in [-0.3, -0.25) is 9.08 Å². The number of ether oxygens (including phenoxy) is 2. The molecular formula is C22H19FN6O2. The third-order valence-electron chi connectivity index (χ3n) is 6.54. The van der Waals surface area contributed by atoms with Crippen LogP contribution in [0.4, 0.5) is 10.2 Å². The van der Waals surface area contributed by atoms with E-state index in [1.807, 2.05) is 16.7 Å². The van der Waals surface area contributed by atoms with Crippen LogP contribution in [0.1, 0.15) is 29.2 Å². The summed E-state index contributed by atoms with van der Waals surface area (Å²) < 4.78 is 30.8. The fourth-order valence-electron chi connectivity index (χ4n) is 5.07. The van der Waals surface area contributed by atoms with Crippen molar-refractivity contribution >= 4 is 11.5 Å². The second-order valence-corrected chi connectivity index (χ2v) is 8.24. The minimum Gasteiger partial charge on any atom is -0.493 e. The number of benzene rings is 1. The van der Waals surface area contributed by atoms with Crippen molar-refractivity contribution in [3.63, 3.8) is 0 Å². The highest BCUT2D eigenvalue weighted by Gasteiger charge is 2.32. The Morgan fingerprint density at radius 2 is 2.03 bits per heavy atom. The van der Waals surface area contributed by atoms with Gasteiger partial charge in [-0.25, -0.2) is 4.39 Å². The van der Waals surface area contributed by atoms with Crippen LogP contribution in [0.3, 0.4) is 0 Å². The van der Waals surface area contributed by atoms with Gasteiger partial charge in [-0.2, -0.15) is 5.10 Å². The Bertz CT molecular complexity index is 1360. The quantitative estimate of drug-likeness (QED) is 0.512. The maximum atomic E-state index is 14.7. The molecule has 3 aliphatic rings. The Labute approximate surface area is 176 Å². The molecule has 9 heteroatoms. The summed E-state index contributed by atoms with van der Waals surface area (Å²) in [5.74, 6) is 1.88. The van der Waals surface area contributed by atoms with Crippen molar-refractivity contribution in [2.24, 2.45) is 0 Å². The number of halogens is 1. The molecule has 1 aromatic carbocycles. The lowest BCUT2D eigenvalue weighted by Gasteiger charge is -2.16. The van der Waals surface area contributed by atoms with Gasteiger partial charge in [0.05, 0.1) is 25.3 Å². The van der Waals surface area contributed by atoms with E-state index in [1.165, 1.54) is 11.8 Å². The molecule has 0 saturated carbocycles. The van der Waals surface area contributed by atoms with Crippen molar-refractivity contribution in [1.29, 1.82) is 0 Å². The van der Waals surface area contributed by atoms with Gasteiger partial charge in [0, 0.05) is 41.0 Å². The topological polar surface area (TPSA) is 78.5 Å². The third kappa shape index (κ3) is 2.37. The normalized spacial score (nSPS) is 18.8. The van der Waals surface area contributed by atoms with Gasteiger partial charge in [0.2, 0.25) is 0 Å². The number of anilines is 1. The van der Waals surface area contributed by atoms with Gasteiger partial charge in [0.15, 0.2) is 17.2 Å². The molecule has 0 fully saturated rings. The maximum Gasteiger partial charge on any atom is 0.170 e. The zero-order chi connectivity index (χ0) is 20.5. The summed E-state index contributed by atoms with van der Waals surface area (Å²) in [6.45, 7) is 2.15. The molecule has 0 amide bonds. The lowest BCUT2D eigenvalue weighted by Crippen LogP contribution is -2.13. The van der Waals surface area contributed by atoms with E-state index in [0.717, 1.165) is 47.5 Å². The third-order valence-corrected chi connectivity index (χ3v) is 6.54. The van der Waals surface area contributed by atoms with Crippen LogP contribution in [0, 0.1) is 5.82 Å². The zero-order valence-electron chi connectivity index (χ0n) is 16.6. The number of pyridine rings is 1. The van der Waals surface area contributed by atoms with E-state index >= 15 is 0 Å². The number of fused-ring (bicyclic) bond motifs is 4. The zero-order valence-corrected chi connectivity index (χ0v) is 16.6. The predicted molar refractivity (Wildman–Crippen MR) is 110 cm³/mol. The van der Waals surface area contributed by atoms with Gasteiger partial charge in [0.25, 0.3) is 0 Å². The summed E-state index contributed by atoms with van der Waals surface area (Å²) in [6, 6.07) is 5.18. The molecule has 31 heavy (non-hydrogen) atoms.